The summed E-state index contributed by atoms with van der Waals surface area (Å²) in [4.78, 5) is 11.3. The van der Waals surface area contributed by atoms with E-state index < -0.39 is 0 Å². The number of hydrogen-bond acceptors (Lipinski definition) is 4. The second-order valence-corrected chi connectivity index (χ2v) is 3.79. The maximum atomic E-state index is 11.3. The SMILES string of the molecule is COCCNC(=O)COc1ccc(C#N)c(Cl)c1. The Balaban J connectivity index is 2.42. The molecule has 96 valence electrons. The Labute approximate surface area is 110 Å². The molecule has 5 nitrogen and oxygen atoms in total. The first-order valence-corrected chi connectivity index (χ1v) is 5.63. The lowest BCUT2D eigenvalue weighted by Crippen LogP contribution is -2.31. The summed E-state index contributed by atoms with van der Waals surface area (Å²) >= 11 is 5.83. The van der Waals surface area contributed by atoms with E-state index in [9.17, 15) is 4.79 Å². The van der Waals surface area contributed by atoms with Gasteiger partial charge in [0.2, 0.25) is 0 Å². The van der Waals surface area contributed by atoms with Crippen LogP contribution in [0.1, 0.15) is 5.56 Å². The molecule has 0 aliphatic heterocycles. The maximum Gasteiger partial charge on any atom is 0.258 e. The molecule has 1 rings (SSSR count). The fraction of sp³-hybridized carbons (Fsp3) is 0.333. The number of methoxy groups -OCH3 is 1. The minimum atomic E-state index is -0.243. The predicted octanol–water partition coefficient (Wildman–Crippen LogP) is 1.35. The van der Waals surface area contributed by atoms with Gasteiger partial charge in [-0.1, -0.05) is 11.6 Å². The summed E-state index contributed by atoms with van der Waals surface area (Å²) in [5.41, 5.74) is 0.369. The molecule has 0 saturated heterocycles. The molecule has 1 aromatic rings. The fourth-order valence-electron chi connectivity index (χ4n) is 1.17. The smallest absolute Gasteiger partial charge is 0.258 e. The summed E-state index contributed by atoms with van der Waals surface area (Å²) in [7, 11) is 1.56. The van der Waals surface area contributed by atoms with Gasteiger partial charge >= 0.3 is 0 Å². The van der Waals surface area contributed by atoms with Crippen molar-refractivity contribution in [3.8, 4) is 11.8 Å². The summed E-state index contributed by atoms with van der Waals surface area (Å²) in [5, 5.41) is 11.6. The molecule has 0 aliphatic carbocycles. The highest BCUT2D eigenvalue weighted by atomic mass is 35.5. The van der Waals surface area contributed by atoms with Crippen molar-refractivity contribution in [3.63, 3.8) is 0 Å². The summed E-state index contributed by atoms with van der Waals surface area (Å²) in [6, 6.07) is 6.58. The number of halogens is 1. The van der Waals surface area contributed by atoms with E-state index in [0.717, 1.165) is 0 Å². The summed E-state index contributed by atoms with van der Waals surface area (Å²) < 4.78 is 10.0. The zero-order chi connectivity index (χ0) is 13.4. The lowest BCUT2D eigenvalue weighted by molar-refractivity contribution is -0.123. The Morgan fingerprint density at radius 3 is 2.94 bits per heavy atom. The average Bonchev–Trinajstić information content (AvgIpc) is 2.37. The molecule has 0 unspecified atom stereocenters. The number of nitriles is 1. The molecule has 0 spiro atoms. The molecule has 0 fully saturated rings. The Hall–Kier alpha value is -1.77. The molecule has 0 heterocycles. The van der Waals surface area contributed by atoms with Crippen LogP contribution < -0.4 is 10.1 Å². The number of carbonyl (C=O) groups excluding carboxylic acids is 1. The molecule has 0 atom stereocenters. The minimum Gasteiger partial charge on any atom is -0.484 e. The molecule has 0 aromatic heterocycles. The van der Waals surface area contributed by atoms with Crippen molar-refractivity contribution < 1.29 is 14.3 Å². The maximum absolute atomic E-state index is 11.3. The summed E-state index contributed by atoms with van der Waals surface area (Å²) in [5.74, 6) is 0.202. The number of ether oxygens (including phenoxy) is 2. The molecule has 0 aliphatic rings. The Morgan fingerprint density at radius 2 is 2.33 bits per heavy atom. The minimum absolute atomic E-state index is 0.105. The van der Waals surface area contributed by atoms with Gasteiger partial charge in [0.05, 0.1) is 17.2 Å². The zero-order valence-electron chi connectivity index (χ0n) is 9.90. The van der Waals surface area contributed by atoms with Crippen molar-refractivity contribution in [3.05, 3.63) is 28.8 Å². The van der Waals surface area contributed by atoms with Crippen LogP contribution in [0.25, 0.3) is 0 Å². The van der Waals surface area contributed by atoms with Crippen LogP contribution in [0.2, 0.25) is 5.02 Å². The van der Waals surface area contributed by atoms with E-state index in [-0.39, 0.29) is 12.5 Å². The lowest BCUT2D eigenvalue weighted by atomic mass is 10.2. The van der Waals surface area contributed by atoms with Crippen molar-refractivity contribution in [1.82, 2.24) is 5.32 Å². The highest BCUT2D eigenvalue weighted by molar-refractivity contribution is 6.31. The number of nitrogens with one attached hydrogen (secondary N) is 1. The Bertz CT molecular complexity index is 457. The standard InChI is InChI=1S/C12H13ClN2O3/c1-17-5-4-15-12(16)8-18-10-3-2-9(7-14)11(13)6-10/h2-3,6H,4-5,8H2,1H3,(H,15,16). The first kappa shape index (κ1) is 14.3. The fourth-order valence-corrected chi connectivity index (χ4v) is 1.38. The van der Waals surface area contributed by atoms with Crippen molar-refractivity contribution in [2.45, 2.75) is 0 Å². The normalized spacial score (nSPS) is 9.61. The van der Waals surface area contributed by atoms with Crippen LogP contribution >= 0.6 is 11.6 Å². The van der Waals surface area contributed by atoms with E-state index in [1.165, 1.54) is 6.07 Å². The average molecular weight is 269 g/mol. The van der Waals surface area contributed by atoms with Gasteiger partial charge in [0.1, 0.15) is 11.8 Å². The van der Waals surface area contributed by atoms with Gasteiger partial charge in [-0.3, -0.25) is 4.79 Å². The van der Waals surface area contributed by atoms with Gasteiger partial charge in [0.15, 0.2) is 6.61 Å². The van der Waals surface area contributed by atoms with Crippen molar-refractivity contribution in [1.29, 1.82) is 5.26 Å². The monoisotopic (exact) mass is 268 g/mol. The molecule has 0 bridgehead atoms. The van der Waals surface area contributed by atoms with Gasteiger partial charge in [0.25, 0.3) is 5.91 Å². The number of rotatable bonds is 6. The first-order chi connectivity index (χ1) is 8.67. The van der Waals surface area contributed by atoms with Crippen LogP contribution in [0.15, 0.2) is 18.2 Å². The molecule has 1 N–H and O–H groups in total. The molecule has 18 heavy (non-hydrogen) atoms. The largest absolute Gasteiger partial charge is 0.484 e. The second kappa shape index (κ2) is 7.54. The van der Waals surface area contributed by atoms with Crippen LogP contribution in [-0.2, 0) is 9.53 Å². The first-order valence-electron chi connectivity index (χ1n) is 5.25. The van der Waals surface area contributed by atoms with Crippen LogP contribution in [0.3, 0.4) is 0 Å². The van der Waals surface area contributed by atoms with Gasteiger partial charge in [-0.2, -0.15) is 5.26 Å². The van der Waals surface area contributed by atoms with Gasteiger partial charge in [0, 0.05) is 19.7 Å². The number of amides is 1. The Kier molecular flexibility index (Phi) is 5.98. The van der Waals surface area contributed by atoms with Crippen LogP contribution in [0.4, 0.5) is 0 Å². The van der Waals surface area contributed by atoms with E-state index in [0.29, 0.717) is 29.5 Å². The second-order valence-electron chi connectivity index (χ2n) is 3.38. The third-order valence-corrected chi connectivity index (χ3v) is 2.37. The number of nitrogens with zero attached hydrogens (tertiary/aromatic N) is 1. The lowest BCUT2D eigenvalue weighted by Gasteiger charge is -2.07. The van der Waals surface area contributed by atoms with E-state index in [2.05, 4.69) is 5.32 Å². The molecular weight excluding hydrogens is 256 g/mol. The van der Waals surface area contributed by atoms with E-state index in [1.807, 2.05) is 6.07 Å². The quantitative estimate of drug-likeness (QED) is 0.791. The summed E-state index contributed by atoms with van der Waals surface area (Å²) in [6.07, 6.45) is 0. The Morgan fingerprint density at radius 1 is 1.56 bits per heavy atom. The van der Waals surface area contributed by atoms with Crippen molar-refractivity contribution >= 4 is 17.5 Å². The molecule has 1 aromatic carbocycles. The summed E-state index contributed by atoms with van der Waals surface area (Å²) in [6.45, 7) is 0.785. The van der Waals surface area contributed by atoms with Crippen LogP contribution in [0, 0.1) is 11.3 Å². The van der Waals surface area contributed by atoms with Gasteiger partial charge in [-0.15, -0.1) is 0 Å². The van der Waals surface area contributed by atoms with Crippen LogP contribution in [0.5, 0.6) is 5.75 Å². The van der Waals surface area contributed by atoms with Gasteiger partial charge in [-0.05, 0) is 12.1 Å². The number of benzene rings is 1. The van der Waals surface area contributed by atoms with E-state index in [1.54, 1.807) is 19.2 Å². The molecule has 0 radical (unpaired) electrons. The van der Waals surface area contributed by atoms with Gasteiger partial charge < -0.3 is 14.8 Å². The highest BCUT2D eigenvalue weighted by Gasteiger charge is 2.04. The zero-order valence-corrected chi connectivity index (χ0v) is 10.7. The van der Waals surface area contributed by atoms with Crippen molar-refractivity contribution in [2.75, 3.05) is 26.9 Å². The molecular formula is C12H13ClN2O3. The molecule has 1 amide bonds. The molecule has 0 saturated carbocycles. The van der Waals surface area contributed by atoms with Gasteiger partial charge in [-0.25, -0.2) is 0 Å². The van der Waals surface area contributed by atoms with E-state index in [4.69, 9.17) is 26.3 Å². The number of hydrogen-bond donors (Lipinski definition) is 1. The topological polar surface area (TPSA) is 71.3 Å². The van der Waals surface area contributed by atoms with Crippen molar-refractivity contribution in [2.24, 2.45) is 0 Å². The molecule has 6 heteroatoms. The highest BCUT2D eigenvalue weighted by Crippen LogP contribution is 2.21. The van der Waals surface area contributed by atoms with Crippen LogP contribution in [-0.4, -0.2) is 32.8 Å². The van der Waals surface area contributed by atoms with E-state index >= 15 is 0 Å². The number of carbonyl (C=O) groups is 1. The predicted molar refractivity (Wildman–Crippen MR) is 66.5 cm³/mol. The third-order valence-electron chi connectivity index (χ3n) is 2.06. The third kappa shape index (κ3) is 4.62.